The average Bonchev–Trinajstić information content (AvgIpc) is 2.45. The third-order valence-corrected chi connectivity index (χ3v) is 3.79. The summed E-state index contributed by atoms with van der Waals surface area (Å²) >= 11 is 0. The SMILES string of the molecule is CN(C)CCN(C)Cc1ccc(CN(C)CCN(C)C)cc1. The summed E-state index contributed by atoms with van der Waals surface area (Å²) in [6, 6.07) is 9.06. The minimum Gasteiger partial charge on any atom is -0.308 e. The molecule has 126 valence electrons. The Morgan fingerprint density at radius 1 is 0.545 bits per heavy atom. The molecular weight excluding hydrogens is 272 g/mol. The van der Waals surface area contributed by atoms with E-state index in [-0.39, 0.29) is 0 Å². The largest absolute Gasteiger partial charge is 0.308 e. The second kappa shape index (κ2) is 9.95. The van der Waals surface area contributed by atoms with E-state index in [9.17, 15) is 0 Å². The van der Waals surface area contributed by atoms with Crippen LogP contribution in [0.3, 0.4) is 0 Å². The van der Waals surface area contributed by atoms with E-state index < -0.39 is 0 Å². The zero-order chi connectivity index (χ0) is 16.5. The maximum atomic E-state index is 2.37. The highest BCUT2D eigenvalue weighted by molar-refractivity contribution is 5.22. The number of benzene rings is 1. The third-order valence-electron chi connectivity index (χ3n) is 3.79. The molecular formula is C18H34N4. The summed E-state index contributed by atoms with van der Waals surface area (Å²) in [5, 5.41) is 0. The first-order valence-corrected chi connectivity index (χ1v) is 8.11. The molecule has 0 saturated heterocycles. The molecule has 0 fully saturated rings. The summed E-state index contributed by atoms with van der Waals surface area (Å²) in [6.07, 6.45) is 0. The lowest BCUT2D eigenvalue weighted by molar-refractivity contribution is 0.274. The van der Waals surface area contributed by atoms with Crippen LogP contribution in [0.4, 0.5) is 0 Å². The maximum Gasteiger partial charge on any atom is 0.0231 e. The fraction of sp³-hybridized carbons (Fsp3) is 0.667. The Kier molecular flexibility index (Phi) is 8.64. The van der Waals surface area contributed by atoms with Crippen molar-refractivity contribution >= 4 is 0 Å². The Bertz CT molecular complexity index is 361. The summed E-state index contributed by atoms with van der Waals surface area (Å²) < 4.78 is 0. The molecule has 0 atom stereocenters. The zero-order valence-electron chi connectivity index (χ0n) is 15.3. The molecule has 0 heterocycles. The summed E-state index contributed by atoms with van der Waals surface area (Å²) in [4.78, 5) is 9.20. The van der Waals surface area contributed by atoms with Gasteiger partial charge in [0.25, 0.3) is 0 Å². The van der Waals surface area contributed by atoms with E-state index in [1.165, 1.54) is 11.1 Å². The first-order valence-electron chi connectivity index (χ1n) is 8.11. The van der Waals surface area contributed by atoms with Gasteiger partial charge in [-0.05, 0) is 53.4 Å². The van der Waals surface area contributed by atoms with Crippen LogP contribution in [0.5, 0.6) is 0 Å². The quantitative estimate of drug-likeness (QED) is 0.652. The molecule has 0 aliphatic carbocycles. The number of nitrogens with zero attached hydrogens (tertiary/aromatic N) is 4. The van der Waals surface area contributed by atoms with Crippen LogP contribution in [0, 0.1) is 0 Å². The fourth-order valence-corrected chi connectivity index (χ4v) is 2.27. The highest BCUT2D eigenvalue weighted by Gasteiger charge is 2.04. The smallest absolute Gasteiger partial charge is 0.0231 e. The molecule has 0 aliphatic heterocycles. The topological polar surface area (TPSA) is 13.0 Å². The second-order valence-corrected chi connectivity index (χ2v) is 6.90. The summed E-state index contributed by atoms with van der Waals surface area (Å²) in [7, 11) is 12.9. The van der Waals surface area contributed by atoms with Gasteiger partial charge in [-0.15, -0.1) is 0 Å². The van der Waals surface area contributed by atoms with Gasteiger partial charge >= 0.3 is 0 Å². The van der Waals surface area contributed by atoms with E-state index in [2.05, 4.69) is 86.2 Å². The predicted molar refractivity (Wildman–Crippen MR) is 96.2 cm³/mol. The maximum absolute atomic E-state index is 2.37. The van der Waals surface area contributed by atoms with Crippen molar-refractivity contribution in [3.05, 3.63) is 35.4 Å². The first kappa shape index (κ1) is 19.1. The average molecular weight is 306 g/mol. The van der Waals surface area contributed by atoms with Gasteiger partial charge in [0.15, 0.2) is 0 Å². The molecule has 4 heteroatoms. The fourth-order valence-electron chi connectivity index (χ4n) is 2.27. The van der Waals surface area contributed by atoms with Crippen molar-refractivity contribution in [3.63, 3.8) is 0 Å². The molecule has 0 aromatic heterocycles. The zero-order valence-corrected chi connectivity index (χ0v) is 15.3. The van der Waals surface area contributed by atoms with Crippen molar-refractivity contribution < 1.29 is 0 Å². The van der Waals surface area contributed by atoms with Crippen LogP contribution < -0.4 is 0 Å². The number of hydrogen-bond donors (Lipinski definition) is 0. The lowest BCUT2D eigenvalue weighted by Crippen LogP contribution is -2.28. The van der Waals surface area contributed by atoms with Crippen LogP contribution in [0.25, 0.3) is 0 Å². The Labute approximate surface area is 137 Å². The van der Waals surface area contributed by atoms with Gasteiger partial charge < -0.3 is 19.6 Å². The van der Waals surface area contributed by atoms with Crippen LogP contribution >= 0.6 is 0 Å². The third kappa shape index (κ3) is 8.49. The molecule has 1 rings (SSSR count). The van der Waals surface area contributed by atoms with E-state index in [0.717, 1.165) is 39.3 Å². The monoisotopic (exact) mass is 306 g/mol. The van der Waals surface area contributed by atoms with Gasteiger partial charge in [-0.25, -0.2) is 0 Å². The highest BCUT2D eigenvalue weighted by atomic mass is 15.2. The lowest BCUT2D eigenvalue weighted by Gasteiger charge is -2.20. The van der Waals surface area contributed by atoms with Gasteiger partial charge in [-0.3, -0.25) is 0 Å². The van der Waals surface area contributed by atoms with E-state index in [4.69, 9.17) is 0 Å². The molecule has 0 radical (unpaired) electrons. The van der Waals surface area contributed by atoms with Gasteiger partial charge in [0.2, 0.25) is 0 Å². The second-order valence-electron chi connectivity index (χ2n) is 6.90. The molecule has 1 aromatic rings. The molecule has 0 spiro atoms. The van der Waals surface area contributed by atoms with Crippen LogP contribution in [-0.4, -0.2) is 88.1 Å². The van der Waals surface area contributed by atoms with Gasteiger partial charge in [0.1, 0.15) is 0 Å². The number of hydrogen-bond acceptors (Lipinski definition) is 4. The van der Waals surface area contributed by atoms with Gasteiger partial charge in [0.05, 0.1) is 0 Å². The van der Waals surface area contributed by atoms with Crippen LogP contribution in [0.15, 0.2) is 24.3 Å². The minimum atomic E-state index is 1.02. The standard InChI is InChI=1S/C18H34N4/c1-19(2)11-13-21(5)15-17-7-9-18(10-8-17)16-22(6)14-12-20(3)4/h7-10H,11-16H2,1-6H3. The molecule has 4 nitrogen and oxygen atoms in total. The minimum absolute atomic E-state index is 1.02. The van der Waals surface area contributed by atoms with Crippen molar-refractivity contribution in [1.82, 2.24) is 19.6 Å². The lowest BCUT2D eigenvalue weighted by atomic mass is 10.1. The Morgan fingerprint density at radius 2 is 0.864 bits per heavy atom. The van der Waals surface area contributed by atoms with Crippen molar-refractivity contribution in [2.75, 3.05) is 68.5 Å². The van der Waals surface area contributed by atoms with Crippen LogP contribution in [0.1, 0.15) is 11.1 Å². The van der Waals surface area contributed by atoms with E-state index in [1.54, 1.807) is 0 Å². The van der Waals surface area contributed by atoms with Gasteiger partial charge in [-0.1, -0.05) is 24.3 Å². The number of likely N-dealkylation sites (N-methyl/N-ethyl adjacent to an activating group) is 4. The number of rotatable bonds is 10. The Balaban J connectivity index is 2.39. The molecule has 0 saturated carbocycles. The molecule has 0 bridgehead atoms. The molecule has 0 N–H and O–H groups in total. The van der Waals surface area contributed by atoms with Gasteiger partial charge in [0, 0.05) is 39.3 Å². The van der Waals surface area contributed by atoms with Crippen molar-refractivity contribution in [2.45, 2.75) is 13.1 Å². The predicted octanol–water partition coefficient (Wildman–Crippen LogP) is 1.67. The summed E-state index contributed by atoms with van der Waals surface area (Å²) in [6.45, 7) is 6.44. The van der Waals surface area contributed by atoms with Gasteiger partial charge in [-0.2, -0.15) is 0 Å². The van der Waals surface area contributed by atoms with E-state index in [0.29, 0.717) is 0 Å². The summed E-state index contributed by atoms with van der Waals surface area (Å²) in [5.41, 5.74) is 2.78. The normalized spacial score (nSPS) is 12.1. The molecule has 0 unspecified atom stereocenters. The Morgan fingerprint density at radius 3 is 1.14 bits per heavy atom. The van der Waals surface area contributed by atoms with Crippen molar-refractivity contribution in [3.8, 4) is 0 Å². The van der Waals surface area contributed by atoms with E-state index >= 15 is 0 Å². The molecule has 1 aromatic carbocycles. The molecule has 22 heavy (non-hydrogen) atoms. The highest BCUT2D eigenvalue weighted by Crippen LogP contribution is 2.08. The van der Waals surface area contributed by atoms with Crippen LogP contribution in [0.2, 0.25) is 0 Å². The molecule has 0 amide bonds. The Hall–Kier alpha value is -0.940. The van der Waals surface area contributed by atoms with Crippen LogP contribution in [-0.2, 0) is 13.1 Å². The van der Waals surface area contributed by atoms with Crippen molar-refractivity contribution in [2.24, 2.45) is 0 Å². The van der Waals surface area contributed by atoms with E-state index in [1.807, 2.05) is 0 Å². The first-order chi connectivity index (χ1) is 10.4. The van der Waals surface area contributed by atoms with Crippen molar-refractivity contribution in [1.29, 1.82) is 0 Å². The molecule has 0 aliphatic rings. The summed E-state index contributed by atoms with van der Waals surface area (Å²) in [5.74, 6) is 0.